The van der Waals surface area contributed by atoms with E-state index in [-0.39, 0.29) is 0 Å². The number of nitrogens with two attached hydrogens (primary N) is 1. The van der Waals surface area contributed by atoms with Crippen LogP contribution in [0, 0.1) is 5.92 Å². The van der Waals surface area contributed by atoms with Crippen LogP contribution in [0.15, 0.2) is 12.2 Å². The summed E-state index contributed by atoms with van der Waals surface area (Å²) in [7, 11) is 0. The first-order valence-electron chi connectivity index (χ1n) is 6.25. The van der Waals surface area contributed by atoms with Crippen LogP contribution in [0.25, 0.3) is 0 Å². The summed E-state index contributed by atoms with van der Waals surface area (Å²) in [5.74, 6) is 0.902. The van der Waals surface area contributed by atoms with Gasteiger partial charge in [0.25, 0.3) is 0 Å². The van der Waals surface area contributed by atoms with Crippen molar-refractivity contribution in [3.05, 3.63) is 12.2 Å². The smallest absolute Gasteiger partial charge is 0.0221 e. The van der Waals surface area contributed by atoms with E-state index in [4.69, 9.17) is 5.73 Å². The third-order valence-corrected chi connectivity index (χ3v) is 3.62. The number of likely N-dealkylation sites (tertiary alicyclic amines) is 1. The molecule has 1 heterocycles. The minimum absolute atomic E-state index is 0.614. The van der Waals surface area contributed by atoms with E-state index in [0.29, 0.717) is 6.04 Å². The van der Waals surface area contributed by atoms with E-state index in [2.05, 4.69) is 25.3 Å². The summed E-state index contributed by atoms with van der Waals surface area (Å²) in [5.41, 5.74) is 7.13. The fraction of sp³-hybridized carbons (Fsp3) is 0.846. The minimum Gasteiger partial charge on any atom is -0.329 e. The van der Waals surface area contributed by atoms with Gasteiger partial charge in [-0.05, 0) is 38.6 Å². The normalized spacial score (nSPS) is 27.9. The molecule has 0 aromatic heterocycles. The first-order valence-corrected chi connectivity index (χ1v) is 6.25. The average Bonchev–Trinajstić information content (AvgIpc) is 2.25. The lowest BCUT2D eigenvalue weighted by atomic mass is 9.88. The standard InChI is InChI=1S/C13H26N2/c1-4-12-6-8-15(7-5-11(2)3)13(9-12)10-14/h12-13H,2,4-10,14H2,1,3H3. The molecule has 1 fully saturated rings. The molecule has 0 aromatic carbocycles. The molecule has 1 aliphatic rings. The third-order valence-electron chi connectivity index (χ3n) is 3.62. The molecule has 0 aliphatic carbocycles. The molecular formula is C13H26N2. The first-order chi connectivity index (χ1) is 7.17. The van der Waals surface area contributed by atoms with Gasteiger partial charge in [-0.15, -0.1) is 6.58 Å². The Morgan fingerprint density at radius 3 is 2.80 bits per heavy atom. The predicted octanol–water partition coefficient (Wildman–Crippen LogP) is 2.40. The second-order valence-electron chi connectivity index (χ2n) is 4.93. The van der Waals surface area contributed by atoms with E-state index in [1.807, 2.05) is 0 Å². The highest BCUT2D eigenvalue weighted by Crippen LogP contribution is 2.25. The van der Waals surface area contributed by atoms with Gasteiger partial charge in [-0.2, -0.15) is 0 Å². The molecule has 2 N–H and O–H groups in total. The average molecular weight is 210 g/mol. The maximum Gasteiger partial charge on any atom is 0.0221 e. The zero-order valence-electron chi connectivity index (χ0n) is 10.3. The second-order valence-corrected chi connectivity index (χ2v) is 4.93. The molecule has 0 amide bonds. The molecule has 0 aromatic rings. The monoisotopic (exact) mass is 210 g/mol. The van der Waals surface area contributed by atoms with Gasteiger partial charge in [-0.3, -0.25) is 4.90 Å². The minimum atomic E-state index is 0.614. The molecule has 2 unspecified atom stereocenters. The van der Waals surface area contributed by atoms with Gasteiger partial charge in [0.1, 0.15) is 0 Å². The fourth-order valence-electron chi connectivity index (χ4n) is 2.43. The van der Waals surface area contributed by atoms with Crippen molar-refractivity contribution in [2.24, 2.45) is 11.7 Å². The topological polar surface area (TPSA) is 29.3 Å². The van der Waals surface area contributed by atoms with Crippen LogP contribution in [-0.2, 0) is 0 Å². The second kappa shape index (κ2) is 6.29. The maximum absolute atomic E-state index is 5.85. The van der Waals surface area contributed by atoms with Gasteiger partial charge in [-0.1, -0.05) is 18.9 Å². The zero-order valence-corrected chi connectivity index (χ0v) is 10.3. The highest BCUT2D eigenvalue weighted by Gasteiger charge is 2.25. The highest BCUT2D eigenvalue weighted by molar-refractivity contribution is 4.91. The summed E-state index contributed by atoms with van der Waals surface area (Å²) >= 11 is 0. The Labute approximate surface area is 94.5 Å². The third kappa shape index (κ3) is 3.96. The van der Waals surface area contributed by atoms with E-state index in [0.717, 1.165) is 25.4 Å². The van der Waals surface area contributed by atoms with Crippen molar-refractivity contribution in [3.8, 4) is 0 Å². The van der Waals surface area contributed by atoms with Crippen LogP contribution in [0.3, 0.4) is 0 Å². The van der Waals surface area contributed by atoms with E-state index in [9.17, 15) is 0 Å². The summed E-state index contributed by atoms with van der Waals surface area (Å²) in [5, 5.41) is 0. The van der Waals surface area contributed by atoms with E-state index >= 15 is 0 Å². The number of rotatable bonds is 5. The van der Waals surface area contributed by atoms with Gasteiger partial charge >= 0.3 is 0 Å². The number of hydrogen-bond donors (Lipinski definition) is 1. The molecule has 0 bridgehead atoms. The molecule has 2 heteroatoms. The quantitative estimate of drug-likeness (QED) is 0.706. The predicted molar refractivity (Wildman–Crippen MR) is 66.9 cm³/mol. The molecule has 1 aliphatic heterocycles. The van der Waals surface area contributed by atoms with Crippen LogP contribution in [0.2, 0.25) is 0 Å². The number of hydrogen-bond acceptors (Lipinski definition) is 2. The number of piperidine rings is 1. The highest BCUT2D eigenvalue weighted by atomic mass is 15.2. The summed E-state index contributed by atoms with van der Waals surface area (Å²) in [4.78, 5) is 2.56. The van der Waals surface area contributed by atoms with Crippen LogP contribution < -0.4 is 5.73 Å². The molecule has 0 spiro atoms. The number of nitrogens with zero attached hydrogens (tertiary/aromatic N) is 1. The van der Waals surface area contributed by atoms with Crippen LogP contribution in [0.4, 0.5) is 0 Å². The van der Waals surface area contributed by atoms with Crippen molar-refractivity contribution in [3.63, 3.8) is 0 Å². The van der Waals surface area contributed by atoms with Gasteiger partial charge in [0.05, 0.1) is 0 Å². The Bertz CT molecular complexity index is 201. The van der Waals surface area contributed by atoms with Gasteiger partial charge in [-0.25, -0.2) is 0 Å². The fourth-order valence-corrected chi connectivity index (χ4v) is 2.43. The van der Waals surface area contributed by atoms with Crippen molar-refractivity contribution in [2.75, 3.05) is 19.6 Å². The molecule has 1 rings (SSSR count). The molecule has 15 heavy (non-hydrogen) atoms. The molecule has 0 saturated carbocycles. The maximum atomic E-state index is 5.85. The summed E-state index contributed by atoms with van der Waals surface area (Å²) in [6, 6.07) is 0.614. The molecule has 1 saturated heterocycles. The summed E-state index contributed by atoms with van der Waals surface area (Å²) < 4.78 is 0. The Balaban J connectivity index is 2.40. The summed E-state index contributed by atoms with van der Waals surface area (Å²) in [6.45, 7) is 11.6. The van der Waals surface area contributed by atoms with Crippen molar-refractivity contribution < 1.29 is 0 Å². The van der Waals surface area contributed by atoms with Gasteiger partial charge in [0.2, 0.25) is 0 Å². The van der Waals surface area contributed by atoms with Crippen molar-refractivity contribution >= 4 is 0 Å². The Morgan fingerprint density at radius 1 is 1.53 bits per heavy atom. The van der Waals surface area contributed by atoms with E-state index < -0.39 is 0 Å². The lowest BCUT2D eigenvalue weighted by Crippen LogP contribution is -2.46. The van der Waals surface area contributed by atoms with Crippen LogP contribution in [0.1, 0.15) is 39.5 Å². The van der Waals surface area contributed by atoms with E-state index in [1.54, 1.807) is 0 Å². The summed E-state index contributed by atoms with van der Waals surface area (Å²) in [6.07, 6.45) is 5.07. The van der Waals surface area contributed by atoms with Crippen LogP contribution in [-0.4, -0.2) is 30.6 Å². The molecule has 0 radical (unpaired) electrons. The Morgan fingerprint density at radius 2 is 2.27 bits per heavy atom. The lowest BCUT2D eigenvalue weighted by molar-refractivity contribution is 0.116. The molecular weight excluding hydrogens is 184 g/mol. The van der Waals surface area contributed by atoms with Crippen LogP contribution >= 0.6 is 0 Å². The van der Waals surface area contributed by atoms with Crippen molar-refractivity contribution in [1.29, 1.82) is 0 Å². The van der Waals surface area contributed by atoms with Crippen molar-refractivity contribution in [1.82, 2.24) is 4.90 Å². The zero-order chi connectivity index (χ0) is 11.3. The molecule has 2 atom stereocenters. The first kappa shape index (κ1) is 12.7. The SMILES string of the molecule is C=C(C)CCN1CCC(CC)CC1CN. The van der Waals surface area contributed by atoms with E-state index in [1.165, 1.54) is 31.4 Å². The molecule has 2 nitrogen and oxygen atoms in total. The Hall–Kier alpha value is -0.340. The van der Waals surface area contributed by atoms with Crippen molar-refractivity contribution in [2.45, 2.75) is 45.6 Å². The Kier molecular flexibility index (Phi) is 5.34. The molecule has 88 valence electrons. The van der Waals surface area contributed by atoms with Crippen LogP contribution in [0.5, 0.6) is 0 Å². The van der Waals surface area contributed by atoms with Gasteiger partial charge in [0, 0.05) is 19.1 Å². The largest absolute Gasteiger partial charge is 0.329 e. The van der Waals surface area contributed by atoms with Gasteiger partial charge < -0.3 is 5.73 Å². The lowest BCUT2D eigenvalue weighted by Gasteiger charge is -2.38. The van der Waals surface area contributed by atoms with Gasteiger partial charge in [0.15, 0.2) is 0 Å².